The van der Waals surface area contributed by atoms with Crippen LogP contribution in [-0.2, 0) is 28.5 Å². The Morgan fingerprint density at radius 1 is 0.667 bits per heavy atom. The van der Waals surface area contributed by atoms with Crippen LogP contribution in [0, 0.1) is 0 Å². The van der Waals surface area contributed by atoms with E-state index in [1.807, 2.05) is 27.7 Å². The van der Waals surface area contributed by atoms with Gasteiger partial charge in [-0.2, -0.15) is 0 Å². The fraction of sp³-hybridized carbons (Fsp3) is 0.905. The molecule has 0 aliphatic rings. The third kappa shape index (κ3) is 13.1. The Balaban J connectivity index is 4.62. The molecule has 2 unspecified atom stereocenters. The maximum atomic E-state index is 11.4. The summed E-state index contributed by atoms with van der Waals surface area (Å²) in [5.74, 6) is -2.57. The summed E-state index contributed by atoms with van der Waals surface area (Å²) in [6.07, 6.45) is 1.50. The van der Waals surface area contributed by atoms with E-state index in [9.17, 15) is 24.9 Å². The van der Waals surface area contributed by atoms with Crippen molar-refractivity contribution in [1.29, 1.82) is 0 Å². The normalized spacial score (nSPS) is 14.8. The molecule has 0 aromatic carbocycles. The molecule has 0 aliphatic carbocycles. The third-order valence-electron chi connectivity index (χ3n) is 4.36. The highest BCUT2D eigenvalue weighted by molar-refractivity contribution is 5.71. The zero-order valence-electron chi connectivity index (χ0n) is 18.7. The Labute approximate surface area is 179 Å². The number of hydrogen-bond acceptors (Lipinski definition) is 7. The Bertz CT molecular complexity index is 406. The molecule has 0 saturated heterocycles. The number of aliphatic carboxylic acids is 2. The van der Waals surface area contributed by atoms with E-state index in [-0.39, 0.29) is 25.4 Å². The van der Waals surface area contributed by atoms with Gasteiger partial charge in [0.25, 0.3) is 12.6 Å². The molecule has 0 aromatic heterocycles. The average Bonchev–Trinajstić information content (AvgIpc) is 2.68. The second-order valence-electron chi connectivity index (χ2n) is 7.33. The van der Waals surface area contributed by atoms with E-state index in [0.29, 0.717) is 25.7 Å². The standard InChI is InChI=1S/C21H40O9/c1-5-9-16(10-6-2)29-20(18(23)24)27-13-15(22)14-28-21(19(25)26)30-17(11-7-3)12-8-4/h15-17,20-22H,5-14H2,1-4H3,(H,23,24)(H,25,26). The van der Waals surface area contributed by atoms with Crippen molar-refractivity contribution in [3.63, 3.8) is 0 Å². The molecule has 0 heterocycles. The lowest BCUT2D eigenvalue weighted by atomic mass is 10.1. The van der Waals surface area contributed by atoms with Gasteiger partial charge in [0, 0.05) is 0 Å². The van der Waals surface area contributed by atoms with Crippen molar-refractivity contribution in [2.75, 3.05) is 13.2 Å². The Morgan fingerprint density at radius 3 is 1.20 bits per heavy atom. The SMILES string of the molecule is CCCC(CCC)OC(OCC(O)COC(OC(CCC)CCC)C(=O)O)C(=O)O. The molecule has 3 N–H and O–H groups in total. The van der Waals surface area contributed by atoms with Crippen molar-refractivity contribution < 1.29 is 43.9 Å². The first-order valence-electron chi connectivity index (χ1n) is 11.0. The van der Waals surface area contributed by atoms with Gasteiger partial charge in [-0.05, 0) is 25.7 Å². The first-order chi connectivity index (χ1) is 14.3. The molecule has 2 atom stereocenters. The van der Waals surface area contributed by atoms with Crippen LogP contribution in [0.3, 0.4) is 0 Å². The van der Waals surface area contributed by atoms with Crippen molar-refractivity contribution >= 4 is 11.9 Å². The molecular formula is C21H40O9. The second-order valence-corrected chi connectivity index (χ2v) is 7.33. The van der Waals surface area contributed by atoms with Gasteiger partial charge < -0.3 is 34.3 Å². The fourth-order valence-corrected chi connectivity index (χ4v) is 2.98. The predicted octanol–water partition coefficient (Wildman–Crippen LogP) is 3.17. The lowest BCUT2D eigenvalue weighted by molar-refractivity contribution is -0.221. The maximum absolute atomic E-state index is 11.4. The zero-order chi connectivity index (χ0) is 22.9. The molecule has 30 heavy (non-hydrogen) atoms. The quantitative estimate of drug-likeness (QED) is 0.246. The van der Waals surface area contributed by atoms with Gasteiger partial charge in [0.1, 0.15) is 6.10 Å². The largest absolute Gasteiger partial charge is 0.477 e. The van der Waals surface area contributed by atoms with Gasteiger partial charge in [-0.1, -0.05) is 53.4 Å². The number of carboxylic acid groups (broad SMARTS) is 2. The minimum absolute atomic E-state index is 0.242. The van der Waals surface area contributed by atoms with Gasteiger partial charge in [0.05, 0.1) is 25.4 Å². The molecule has 0 bridgehead atoms. The van der Waals surface area contributed by atoms with Crippen molar-refractivity contribution in [2.45, 2.75) is 110 Å². The minimum Gasteiger partial charge on any atom is -0.477 e. The molecule has 0 radical (unpaired) electrons. The lowest BCUT2D eigenvalue weighted by Crippen LogP contribution is -2.37. The van der Waals surface area contributed by atoms with Crippen LogP contribution in [-0.4, -0.2) is 71.4 Å². The second kappa shape index (κ2) is 17.4. The molecule has 0 amide bonds. The van der Waals surface area contributed by atoms with Gasteiger partial charge in [-0.3, -0.25) is 0 Å². The number of aliphatic hydroxyl groups excluding tert-OH is 1. The monoisotopic (exact) mass is 436 g/mol. The van der Waals surface area contributed by atoms with Crippen LogP contribution in [0.4, 0.5) is 0 Å². The van der Waals surface area contributed by atoms with E-state index < -0.39 is 30.6 Å². The van der Waals surface area contributed by atoms with E-state index >= 15 is 0 Å². The maximum Gasteiger partial charge on any atom is 0.361 e. The molecular weight excluding hydrogens is 396 g/mol. The summed E-state index contributed by atoms with van der Waals surface area (Å²) < 4.78 is 21.4. The number of carboxylic acids is 2. The number of rotatable bonds is 20. The fourth-order valence-electron chi connectivity index (χ4n) is 2.98. The highest BCUT2D eigenvalue weighted by atomic mass is 16.7. The number of aliphatic hydroxyl groups is 1. The van der Waals surface area contributed by atoms with Crippen LogP contribution >= 0.6 is 0 Å². The van der Waals surface area contributed by atoms with E-state index in [2.05, 4.69) is 0 Å². The van der Waals surface area contributed by atoms with Gasteiger partial charge in [0.15, 0.2) is 0 Å². The molecule has 9 nitrogen and oxygen atoms in total. The highest BCUT2D eigenvalue weighted by Crippen LogP contribution is 2.15. The minimum atomic E-state index is -1.51. The average molecular weight is 437 g/mol. The summed E-state index contributed by atoms with van der Waals surface area (Å²) in [4.78, 5) is 22.8. The van der Waals surface area contributed by atoms with Crippen LogP contribution in [0.2, 0.25) is 0 Å². The molecule has 0 rings (SSSR count). The van der Waals surface area contributed by atoms with Crippen molar-refractivity contribution in [3.8, 4) is 0 Å². The van der Waals surface area contributed by atoms with Crippen molar-refractivity contribution in [3.05, 3.63) is 0 Å². The van der Waals surface area contributed by atoms with Crippen LogP contribution in [0.1, 0.15) is 79.1 Å². The Kier molecular flexibility index (Phi) is 16.7. The van der Waals surface area contributed by atoms with Crippen molar-refractivity contribution in [1.82, 2.24) is 0 Å². The van der Waals surface area contributed by atoms with E-state index in [1.165, 1.54) is 0 Å². The van der Waals surface area contributed by atoms with Gasteiger partial charge in [-0.25, -0.2) is 9.59 Å². The van der Waals surface area contributed by atoms with Crippen LogP contribution in [0.15, 0.2) is 0 Å². The highest BCUT2D eigenvalue weighted by Gasteiger charge is 2.27. The predicted molar refractivity (Wildman–Crippen MR) is 110 cm³/mol. The molecule has 9 heteroatoms. The summed E-state index contributed by atoms with van der Waals surface area (Å²) in [5, 5.41) is 28.6. The summed E-state index contributed by atoms with van der Waals surface area (Å²) in [6, 6.07) is 0. The van der Waals surface area contributed by atoms with Crippen LogP contribution < -0.4 is 0 Å². The first kappa shape index (κ1) is 28.7. The summed E-state index contributed by atoms with van der Waals surface area (Å²) in [5.41, 5.74) is 0. The first-order valence-corrected chi connectivity index (χ1v) is 11.0. The number of carbonyl (C=O) groups is 2. The topological polar surface area (TPSA) is 132 Å². The van der Waals surface area contributed by atoms with Gasteiger partial charge >= 0.3 is 11.9 Å². The number of ether oxygens (including phenoxy) is 4. The zero-order valence-corrected chi connectivity index (χ0v) is 18.7. The number of hydrogen-bond donors (Lipinski definition) is 3. The van der Waals surface area contributed by atoms with E-state index in [4.69, 9.17) is 18.9 Å². The summed E-state index contributed by atoms with van der Waals surface area (Å²) in [7, 11) is 0. The summed E-state index contributed by atoms with van der Waals surface area (Å²) in [6.45, 7) is 7.18. The molecule has 178 valence electrons. The van der Waals surface area contributed by atoms with Gasteiger partial charge in [0.2, 0.25) is 0 Å². The Morgan fingerprint density at radius 2 is 0.967 bits per heavy atom. The molecule has 0 saturated carbocycles. The molecule has 0 spiro atoms. The van der Waals surface area contributed by atoms with Crippen LogP contribution in [0.5, 0.6) is 0 Å². The van der Waals surface area contributed by atoms with E-state index in [1.54, 1.807) is 0 Å². The van der Waals surface area contributed by atoms with Crippen LogP contribution in [0.25, 0.3) is 0 Å². The summed E-state index contributed by atoms with van der Waals surface area (Å²) >= 11 is 0. The van der Waals surface area contributed by atoms with Crippen molar-refractivity contribution in [2.24, 2.45) is 0 Å². The molecule has 0 aromatic rings. The van der Waals surface area contributed by atoms with E-state index in [0.717, 1.165) is 25.7 Å². The third-order valence-corrected chi connectivity index (χ3v) is 4.36. The smallest absolute Gasteiger partial charge is 0.361 e. The molecule has 0 aliphatic heterocycles. The molecule has 0 fully saturated rings. The van der Waals surface area contributed by atoms with Gasteiger partial charge in [-0.15, -0.1) is 0 Å². The Hall–Kier alpha value is -1.26. The lowest BCUT2D eigenvalue weighted by Gasteiger charge is -2.24.